The third-order valence-electron chi connectivity index (χ3n) is 4.70. The molecular weight excluding hydrogens is 410 g/mol. The van der Waals surface area contributed by atoms with E-state index < -0.39 is 10.0 Å². The van der Waals surface area contributed by atoms with E-state index in [0.29, 0.717) is 22.6 Å². The smallest absolute Gasteiger partial charge is 0.256 e. The Morgan fingerprint density at radius 2 is 1.61 bits per heavy atom. The number of aryl methyl sites for hydroxylation is 1. The fourth-order valence-corrected chi connectivity index (χ4v) is 3.91. The normalized spacial score (nSPS) is 11.3. The summed E-state index contributed by atoms with van der Waals surface area (Å²) in [6, 6.07) is 23.8. The molecule has 0 aliphatic carbocycles. The Morgan fingerprint density at radius 3 is 2.35 bits per heavy atom. The molecule has 0 radical (unpaired) electrons. The third kappa shape index (κ3) is 4.90. The van der Waals surface area contributed by atoms with Crippen molar-refractivity contribution in [2.75, 3.05) is 16.3 Å². The largest absolute Gasteiger partial charge is 0.322 e. The second-order valence-corrected chi connectivity index (χ2v) is 9.10. The van der Waals surface area contributed by atoms with E-state index in [9.17, 15) is 13.2 Å². The number of benzene rings is 3. The van der Waals surface area contributed by atoms with Gasteiger partial charge in [0, 0.05) is 16.6 Å². The van der Waals surface area contributed by atoms with Crippen molar-refractivity contribution in [3.63, 3.8) is 0 Å². The number of hydrogen-bond donors (Lipinski definition) is 2. The van der Waals surface area contributed by atoms with Crippen molar-refractivity contribution in [3.05, 3.63) is 90.0 Å². The van der Waals surface area contributed by atoms with Crippen LogP contribution in [0.4, 0.5) is 11.4 Å². The van der Waals surface area contributed by atoms with Gasteiger partial charge in [-0.3, -0.25) is 9.52 Å². The molecule has 4 rings (SSSR count). The Hall–Kier alpha value is -3.71. The molecule has 3 aromatic carbocycles. The van der Waals surface area contributed by atoms with E-state index >= 15 is 0 Å². The van der Waals surface area contributed by atoms with Gasteiger partial charge in [0.15, 0.2) is 0 Å². The molecule has 156 valence electrons. The maximum Gasteiger partial charge on any atom is 0.256 e. The van der Waals surface area contributed by atoms with Crippen molar-refractivity contribution in [1.29, 1.82) is 0 Å². The van der Waals surface area contributed by atoms with Gasteiger partial charge in [-0.2, -0.15) is 0 Å². The topological polar surface area (TPSA) is 88.2 Å². The van der Waals surface area contributed by atoms with Crippen molar-refractivity contribution < 1.29 is 13.2 Å². The minimum absolute atomic E-state index is 0.299. The molecule has 4 aromatic rings. The average molecular weight is 432 g/mol. The van der Waals surface area contributed by atoms with Gasteiger partial charge in [-0.1, -0.05) is 48.0 Å². The monoisotopic (exact) mass is 431 g/mol. The summed E-state index contributed by atoms with van der Waals surface area (Å²) in [4.78, 5) is 18.0. The molecule has 1 aromatic heterocycles. The maximum atomic E-state index is 13.2. The van der Waals surface area contributed by atoms with Gasteiger partial charge in [0.05, 0.1) is 28.7 Å². The summed E-state index contributed by atoms with van der Waals surface area (Å²) in [5, 5.41) is 3.63. The molecular formula is C24H21N3O3S. The Bertz CT molecular complexity index is 1380. The molecule has 0 saturated heterocycles. The van der Waals surface area contributed by atoms with E-state index in [1.807, 2.05) is 55.5 Å². The van der Waals surface area contributed by atoms with E-state index in [0.717, 1.165) is 28.3 Å². The lowest BCUT2D eigenvalue weighted by Crippen LogP contribution is -2.14. The molecule has 1 amide bonds. The number of anilines is 2. The first-order chi connectivity index (χ1) is 14.8. The fourth-order valence-electron chi connectivity index (χ4n) is 3.36. The highest BCUT2D eigenvalue weighted by atomic mass is 32.2. The molecule has 0 saturated carbocycles. The molecule has 0 fully saturated rings. The summed E-state index contributed by atoms with van der Waals surface area (Å²) in [6.07, 6.45) is 1.08. The Morgan fingerprint density at radius 1 is 0.871 bits per heavy atom. The predicted molar refractivity (Wildman–Crippen MR) is 125 cm³/mol. The fraction of sp³-hybridized carbons (Fsp3) is 0.0833. The second-order valence-electron chi connectivity index (χ2n) is 7.35. The lowest BCUT2D eigenvalue weighted by Gasteiger charge is -2.12. The van der Waals surface area contributed by atoms with Crippen LogP contribution in [0.2, 0.25) is 0 Å². The standard InChI is InChI=1S/C24H21N3O3S/c1-16-11-12-22-20(13-16)21(15-23(26-22)17-7-4-3-5-8-17)24(28)25-18-9-6-10-19(14-18)27-31(2,29)30/h3-15,27H,1-2H3,(H,25,28). The van der Waals surface area contributed by atoms with Crippen LogP contribution in [0.25, 0.3) is 22.2 Å². The number of nitrogens with one attached hydrogen (secondary N) is 2. The maximum absolute atomic E-state index is 13.2. The van der Waals surface area contributed by atoms with E-state index in [2.05, 4.69) is 10.0 Å². The van der Waals surface area contributed by atoms with Crippen molar-refractivity contribution in [2.24, 2.45) is 0 Å². The zero-order valence-corrected chi connectivity index (χ0v) is 17.9. The highest BCUT2D eigenvalue weighted by Crippen LogP contribution is 2.27. The van der Waals surface area contributed by atoms with Crippen LogP contribution in [0.3, 0.4) is 0 Å². The van der Waals surface area contributed by atoms with Gasteiger partial charge >= 0.3 is 0 Å². The van der Waals surface area contributed by atoms with Crippen LogP contribution in [0.5, 0.6) is 0 Å². The SMILES string of the molecule is Cc1ccc2nc(-c3ccccc3)cc(C(=O)Nc3cccc(NS(C)(=O)=O)c3)c2c1. The summed E-state index contributed by atoms with van der Waals surface area (Å²) in [6.45, 7) is 1.96. The van der Waals surface area contributed by atoms with Gasteiger partial charge in [0.2, 0.25) is 10.0 Å². The number of aromatic nitrogens is 1. The number of amides is 1. The van der Waals surface area contributed by atoms with Crippen LogP contribution < -0.4 is 10.0 Å². The van der Waals surface area contributed by atoms with Crippen LogP contribution in [-0.2, 0) is 10.0 Å². The third-order valence-corrected chi connectivity index (χ3v) is 5.31. The van der Waals surface area contributed by atoms with Gasteiger partial charge in [-0.05, 0) is 43.3 Å². The number of hydrogen-bond acceptors (Lipinski definition) is 4. The molecule has 7 heteroatoms. The Kier molecular flexibility index (Phi) is 5.44. The summed E-state index contributed by atoms with van der Waals surface area (Å²) < 4.78 is 25.4. The van der Waals surface area contributed by atoms with Crippen LogP contribution in [0, 0.1) is 6.92 Å². The van der Waals surface area contributed by atoms with Crippen LogP contribution in [0.1, 0.15) is 15.9 Å². The van der Waals surface area contributed by atoms with Gasteiger partial charge in [-0.15, -0.1) is 0 Å². The Balaban J connectivity index is 1.75. The predicted octanol–water partition coefficient (Wildman–Crippen LogP) is 4.83. The van der Waals surface area contributed by atoms with E-state index in [1.54, 1.807) is 30.3 Å². The molecule has 0 atom stereocenters. The lowest BCUT2D eigenvalue weighted by atomic mass is 10.0. The lowest BCUT2D eigenvalue weighted by molar-refractivity contribution is 0.102. The van der Waals surface area contributed by atoms with Crippen LogP contribution in [0.15, 0.2) is 78.9 Å². The van der Waals surface area contributed by atoms with Crippen molar-refractivity contribution in [2.45, 2.75) is 6.92 Å². The van der Waals surface area contributed by atoms with Crippen molar-refractivity contribution in [1.82, 2.24) is 4.98 Å². The number of nitrogens with zero attached hydrogens (tertiary/aromatic N) is 1. The number of sulfonamides is 1. The summed E-state index contributed by atoms with van der Waals surface area (Å²) >= 11 is 0. The molecule has 0 bridgehead atoms. The first-order valence-corrected chi connectivity index (χ1v) is 11.5. The first kappa shape index (κ1) is 20.6. The quantitative estimate of drug-likeness (QED) is 0.474. The van der Waals surface area contributed by atoms with Crippen LogP contribution in [-0.4, -0.2) is 25.6 Å². The minimum Gasteiger partial charge on any atom is -0.322 e. The van der Waals surface area contributed by atoms with E-state index in [4.69, 9.17) is 4.98 Å². The molecule has 0 aliphatic rings. The summed E-state index contributed by atoms with van der Waals surface area (Å²) in [5.41, 5.74) is 4.72. The second kappa shape index (κ2) is 8.20. The minimum atomic E-state index is -3.42. The molecule has 0 unspecified atom stereocenters. The van der Waals surface area contributed by atoms with Gasteiger partial charge in [0.1, 0.15) is 0 Å². The Labute approximate surface area is 181 Å². The van der Waals surface area contributed by atoms with Crippen LogP contribution >= 0.6 is 0 Å². The molecule has 31 heavy (non-hydrogen) atoms. The van der Waals surface area contributed by atoms with Crippen molar-refractivity contribution in [3.8, 4) is 11.3 Å². The number of rotatable bonds is 5. The molecule has 2 N–H and O–H groups in total. The summed E-state index contributed by atoms with van der Waals surface area (Å²) in [7, 11) is -3.42. The van der Waals surface area contributed by atoms with E-state index in [-0.39, 0.29) is 5.91 Å². The molecule has 0 spiro atoms. The highest BCUT2D eigenvalue weighted by Gasteiger charge is 2.15. The highest BCUT2D eigenvalue weighted by molar-refractivity contribution is 7.92. The molecule has 1 heterocycles. The molecule has 0 aliphatic heterocycles. The zero-order chi connectivity index (χ0) is 22.0. The van der Waals surface area contributed by atoms with Gasteiger partial charge in [-0.25, -0.2) is 13.4 Å². The number of pyridine rings is 1. The van der Waals surface area contributed by atoms with Crippen molar-refractivity contribution >= 4 is 38.2 Å². The number of fused-ring (bicyclic) bond motifs is 1. The first-order valence-electron chi connectivity index (χ1n) is 9.64. The van der Waals surface area contributed by atoms with E-state index in [1.165, 1.54) is 0 Å². The average Bonchev–Trinajstić information content (AvgIpc) is 2.72. The number of carbonyl (C=O) groups is 1. The zero-order valence-electron chi connectivity index (χ0n) is 17.1. The van der Waals surface area contributed by atoms with Gasteiger partial charge in [0.25, 0.3) is 5.91 Å². The number of carbonyl (C=O) groups excluding carboxylic acids is 1. The van der Waals surface area contributed by atoms with Gasteiger partial charge < -0.3 is 5.32 Å². The summed E-state index contributed by atoms with van der Waals surface area (Å²) in [5.74, 6) is -0.299. The molecule has 6 nitrogen and oxygen atoms in total.